The van der Waals surface area contributed by atoms with Crippen molar-refractivity contribution in [3.63, 3.8) is 0 Å². The highest BCUT2D eigenvalue weighted by atomic mass is 19.1. The summed E-state index contributed by atoms with van der Waals surface area (Å²) in [6, 6.07) is 3.28. The van der Waals surface area contributed by atoms with E-state index >= 15 is 0 Å². The Labute approximate surface area is 162 Å². The molecule has 2 aliphatic heterocycles. The standard InChI is InChI=1S/C20H23FN6O/c1-12-4-5-16-14(9-13(21)11-24-16)17-3-2-8-27(17)18-6-7-23-19(26-18)15(10-22)20(28)25-12/h6-7,9-12,17H,2-5,8,22H2,1H3,(H,25,28). The largest absolute Gasteiger partial charge is 0.404 e. The Kier molecular flexibility index (Phi) is 4.93. The number of anilines is 1. The van der Waals surface area contributed by atoms with Gasteiger partial charge in [-0.25, -0.2) is 14.4 Å². The quantitative estimate of drug-likeness (QED) is 0.678. The molecular formula is C20H23FN6O. The van der Waals surface area contributed by atoms with Gasteiger partial charge in [-0.15, -0.1) is 0 Å². The van der Waals surface area contributed by atoms with Crippen LogP contribution in [0, 0.1) is 5.82 Å². The van der Waals surface area contributed by atoms with Gasteiger partial charge in [-0.3, -0.25) is 9.78 Å². The van der Waals surface area contributed by atoms with Crippen LogP contribution < -0.4 is 16.0 Å². The second-order valence-electron chi connectivity index (χ2n) is 7.27. The fourth-order valence-electron chi connectivity index (χ4n) is 3.96. The number of hydrogen-bond acceptors (Lipinski definition) is 6. The number of nitrogens with two attached hydrogens (primary N) is 1. The second-order valence-corrected chi connectivity index (χ2v) is 7.27. The molecule has 0 spiro atoms. The molecule has 28 heavy (non-hydrogen) atoms. The highest BCUT2D eigenvalue weighted by molar-refractivity contribution is 6.18. The third kappa shape index (κ3) is 3.42. The van der Waals surface area contributed by atoms with Crippen molar-refractivity contribution in [2.24, 2.45) is 5.73 Å². The lowest BCUT2D eigenvalue weighted by atomic mass is 9.98. The smallest absolute Gasteiger partial charge is 0.256 e. The highest BCUT2D eigenvalue weighted by Gasteiger charge is 2.31. The summed E-state index contributed by atoms with van der Waals surface area (Å²) in [5, 5.41) is 2.94. The van der Waals surface area contributed by atoms with E-state index in [0.29, 0.717) is 18.7 Å². The van der Waals surface area contributed by atoms with Crippen molar-refractivity contribution in [3.8, 4) is 0 Å². The summed E-state index contributed by atoms with van der Waals surface area (Å²) >= 11 is 0. The zero-order chi connectivity index (χ0) is 19.7. The van der Waals surface area contributed by atoms with Crippen LogP contribution in [-0.4, -0.2) is 33.4 Å². The fraction of sp³-hybridized carbons (Fsp3) is 0.400. The molecule has 4 heterocycles. The number of fused-ring (bicyclic) bond motifs is 6. The number of hydrogen-bond donors (Lipinski definition) is 2. The number of aromatic nitrogens is 3. The topological polar surface area (TPSA) is 97.0 Å². The second kappa shape index (κ2) is 7.53. The van der Waals surface area contributed by atoms with Gasteiger partial charge in [0, 0.05) is 30.7 Å². The van der Waals surface area contributed by atoms with E-state index in [-0.39, 0.29) is 35.2 Å². The van der Waals surface area contributed by atoms with Crippen LogP contribution in [0.4, 0.5) is 10.2 Å². The number of nitrogens with zero attached hydrogens (tertiary/aromatic N) is 4. The first-order valence-electron chi connectivity index (χ1n) is 9.54. The van der Waals surface area contributed by atoms with Gasteiger partial charge in [-0.2, -0.15) is 0 Å². The average Bonchev–Trinajstić information content (AvgIpc) is 3.17. The minimum Gasteiger partial charge on any atom is -0.404 e. The molecule has 1 fully saturated rings. The van der Waals surface area contributed by atoms with Gasteiger partial charge in [-0.05, 0) is 50.3 Å². The molecule has 8 heteroatoms. The molecule has 7 nitrogen and oxygen atoms in total. The lowest BCUT2D eigenvalue weighted by Crippen LogP contribution is -2.34. The molecule has 4 rings (SSSR count). The van der Waals surface area contributed by atoms with Crippen molar-refractivity contribution in [1.82, 2.24) is 20.3 Å². The highest BCUT2D eigenvalue weighted by Crippen LogP contribution is 2.37. The molecule has 0 aliphatic carbocycles. The molecule has 2 aliphatic rings. The number of halogens is 1. The predicted molar refractivity (Wildman–Crippen MR) is 104 cm³/mol. The van der Waals surface area contributed by atoms with Gasteiger partial charge >= 0.3 is 0 Å². The molecule has 0 radical (unpaired) electrons. The van der Waals surface area contributed by atoms with Gasteiger partial charge in [0.2, 0.25) is 0 Å². The molecule has 2 atom stereocenters. The first kappa shape index (κ1) is 18.3. The number of carbonyl (C=O) groups is 1. The van der Waals surface area contributed by atoms with Crippen LogP contribution >= 0.6 is 0 Å². The summed E-state index contributed by atoms with van der Waals surface area (Å²) < 4.78 is 14.0. The zero-order valence-electron chi connectivity index (χ0n) is 15.7. The molecule has 1 amide bonds. The summed E-state index contributed by atoms with van der Waals surface area (Å²) in [4.78, 5) is 28.0. The lowest BCUT2D eigenvalue weighted by molar-refractivity contribution is -0.116. The normalized spacial score (nSPS) is 23.9. The van der Waals surface area contributed by atoms with E-state index < -0.39 is 0 Å². The summed E-state index contributed by atoms with van der Waals surface area (Å²) in [5.41, 5.74) is 7.71. The summed E-state index contributed by atoms with van der Waals surface area (Å²) in [6.45, 7) is 2.72. The predicted octanol–water partition coefficient (Wildman–Crippen LogP) is 2.10. The zero-order valence-corrected chi connectivity index (χ0v) is 15.7. The van der Waals surface area contributed by atoms with Crippen LogP contribution in [-0.2, 0) is 11.2 Å². The van der Waals surface area contributed by atoms with Gasteiger partial charge in [-0.1, -0.05) is 0 Å². The molecule has 0 aromatic carbocycles. The van der Waals surface area contributed by atoms with Crippen molar-refractivity contribution >= 4 is 17.3 Å². The Bertz CT molecular complexity index is 931. The number of amides is 1. The van der Waals surface area contributed by atoms with Crippen LogP contribution in [0.5, 0.6) is 0 Å². The first-order chi connectivity index (χ1) is 13.6. The van der Waals surface area contributed by atoms with Crippen LogP contribution in [0.15, 0.2) is 30.7 Å². The van der Waals surface area contributed by atoms with E-state index in [9.17, 15) is 9.18 Å². The molecule has 2 unspecified atom stereocenters. The maximum atomic E-state index is 14.0. The molecule has 0 saturated carbocycles. The summed E-state index contributed by atoms with van der Waals surface area (Å²) in [5.74, 6) is 0.332. The average molecular weight is 382 g/mol. The van der Waals surface area contributed by atoms with Crippen molar-refractivity contribution in [2.75, 3.05) is 11.4 Å². The Hall–Kier alpha value is -3.03. The minimum atomic E-state index is -0.340. The fourth-order valence-corrected chi connectivity index (χ4v) is 3.96. The number of nitrogens with one attached hydrogen (secondary N) is 1. The Morgan fingerprint density at radius 1 is 1.36 bits per heavy atom. The summed E-state index contributed by atoms with van der Waals surface area (Å²) in [7, 11) is 0. The van der Waals surface area contributed by atoms with E-state index in [1.165, 1.54) is 12.4 Å². The SMILES string of the molecule is CC1CCc2ncc(F)cc2C2CCCN2c2ccnc(n2)C(=CN)C(=O)N1. The van der Waals surface area contributed by atoms with Gasteiger partial charge < -0.3 is 16.0 Å². The van der Waals surface area contributed by atoms with Crippen LogP contribution in [0.1, 0.15) is 49.3 Å². The van der Waals surface area contributed by atoms with Crippen LogP contribution in [0.2, 0.25) is 0 Å². The molecule has 1 saturated heterocycles. The maximum Gasteiger partial charge on any atom is 0.256 e. The van der Waals surface area contributed by atoms with E-state index in [1.54, 1.807) is 12.3 Å². The number of rotatable bonds is 0. The van der Waals surface area contributed by atoms with Gasteiger partial charge in [0.25, 0.3) is 5.91 Å². The van der Waals surface area contributed by atoms with Gasteiger partial charge in [0.1, 0.15) is 11.6 Å². The first-order valence-corrected chi connectivity index (χ1v) is 9.54. The summed E-state index contributed by atoms with van der Waals surface area (Å²) in [6.07, 6.45) is 7.32. The van der Waals surface area contributed by atoms with Crippen molar-refractivity contribution in [1.29, 1.82) is 0 Å². The van der Waals surface area contributed by atoms with E-state index in [0.717, 1.165) is 30.6 Å². The molecule has 3 N–H and O–H groups in total. The van der Waals surface area contributed by atoms with Crippen LogP contribution in [0.25, 0.3) is 5.57 Å². The van der Waals surface area contributed by atoms with Crippen LogP contribution in [0.3, 0.4) is 0 Å². The Morgan fingerprint density at radius 3 is 3.04 bits per heavy atom. The number of aryl methyl sites for hydroxylation is 1. The third-order valence-electron chi connectivity index (χ3n) is 5.36. The Morgan fingerprint density at radius 2 is 2.21 bits per heavy atom. The monoisotopic (exact) mass is 382 g/mol. The minimum absolute atomic E-state index is 0.00836. The van der Waals surface area contributed by atoms with E-state index in [4.69, 9.17) is 5.73 Å². The molecule has 2 aromatic rings. The lowest BCUT2D eigenvalue weighted by Gasteiger charge is -2.27. The number of carbonyl (C=O) groups excluding carboxylic acids is 1. The molecular weight excluding hydrogens is 359 g/mol. The van der Waals surface area contributed by atoms with Gasteiger partial charge in [0.05, 0.1) is 17.8 Å². The number of pyridine rings is 1. The van der Waals surface area contributed by atoms with Crippen molar-refractivity contribution < 1.29 is 9.18 Å². The molecule has 146 valence electrons. The molecule has 2 bridgehead atoms. The van der Waals surface area contributed by atoms with Gasteiger partial charge in [0.15, 0.2) is 5.82 Å². The van der Waals surface area contributed by atoms with Crippen molar-refractivity contribution in [2.45, 2.75) is 44.7 Å². The van der Waals surface area contributed by atoms with E-state index in [2.05, 4.69) is 25.2 Å². The maximum absolute atomic E-state index is 14.0. The van der Waals surface area contributed by atoms with Crippen molar-refractivity contribution in [3.05, 3.63) is 53.6 Å². The van der Waals surface area contributed by atoms with E-state index in [1.807, 2.05) is 13.0 Å². The Balaban J connectivity index is 1.84. The third-order valence-corrected chi connectivity index (χ3v) is 5.36. The molecule has 2 aromatic heterocycles.